The van der Waals surface area contributed by atoms with Crippen LogP contribution >= 0.6 is 15.9 Å². The van der Waals surface area contributed by atoms with Crippen molar-refractivity contribution in [1.82, 2.24) is 4.98 Å². The first-order chi connectivity index (χ1) is 12.7. The summed E-state index contributed by atoms with van der Waals surface area (Å²) in [5, 5.41) is 5.60. The summed E-state index contributed by atoms with van der Waals surface area (Å²) in [6.45, 7) is 1.22. The number of aromatic amines is 1. The van der Waals surface area contributed by atoms with Crippen molar-refractivity contribution in [3.05, 3.63) is 58.2 Å². The number of hydrogen-bond donors (Lipinski definition) is 3. The minimum atomic E-state index is -4.59. The number of halogens is 4. The highest BCUT2D eigenvalue weighted by Crippen LogP contribution is 2.35. The van der Waals surface area contributed by atoms with E-state index < -0.39 is 23.6 Å². The summed E-state index contributed by atoms with van der Waals surface area (Å²) in [4.78, 5) is 26.9. The summed E-state index contributed by atoms with van der Waals surface area (Å²) >= 11 is 3.33. The van der Waals surface area contributed by atoms with Crippen molar-refractivity contribution in [2.24, 2.45) is 0 Å². The van der Waals surface area contributed by atoms with Gasteiger partial charge in [0.05, 0.1) is 21.4 Å². The molecule has 27 heavy (non-hydrogen) atoms. The zero-order valence-electron chi connectivity index (χ0n) is 13.9. The second-order valence-electron chi connectivity index (χ2n) is 5.75. The Labute approximate surface area is 160 Å². The van der Waals surface area contributed by atoms with Gasteiger partial charge in [-0.2, -0.15) is 13.2 Å². The molecule has 0 aliphatic carbocycles. The molecular formula is C18H13BrF3N3O2. The van der Waals surface area contributed by atoms with E-state index in [0.717, 1.165) is 23.6 Å². The zero-order valence-corrected chi connectivity index (χ0v) is 15.5. The number of hydrogen-bond acceptors (Lipinski definition) is 2. The van der Waals surface area contributed by atoms with Gasteiger partial charge >= 0.3 is 6.18 Å². The van der Waals surface area contributed by atoms with Gasteiger partial charge in [-0.1, -0.05) is 18.2 Å². The quantitative estimate of drug-likeness (QED) is 0.527. The molecule has 5 nitrogen and oxygen atoms in total. The highest BCUT2D eigenvalue weighted by molar-refractivity contribution is 9.10. The molecule has 2 aromatic carbocycles. The van der Waals surface area contributed by atoms with Gasteiger partial charge in [0.15, 0.2) is 0 Å². The number of benzene rings is 2. The number of carbonyl (C=O) groups is 2. The van der Waals surface area contributed by atoms with Gasteiger partial charge in [-0.05, 0) is 40.2 Å². The third-order valence-electron chi connectivity index (χ3n) is 3.78. The van der Waals surface area contributed by atoms with E-state index in [4.69, 9.17) is 0 Å². The lowest BCUT2D eigenvalue weighted by Crippen LogP contribution is -2.17. The van der Waals surface area contributed by atoms with Gasteiger partial charge in [-0.15, -0.1) is 0 Å². The number of anilines is 2. The fourth-order valence-corrected chi connectivity index (χ4v) is 3.20. The fraction of sp³-hybridized carbons (Fsp3) is 0.111. The Morgan fingerprint density at radius 3 is 2.37 bits per heavy atom. The summed E-state index contributed by atoms with van der Waals surface area (Å²) in [6.07, 6.45) is -4.59. The lowest BCUT2D eigenvalue weighted by atomic mass is 10.1. The third kappa shape index (κ3) is 3.97. The van der Waals surface area contributed by atoms with Crippen molar-refractivity contribution in [3.8, 4) is 0 Å². The minimum Gasteiger partial charge on any atom is -0.350 e. The van der Waals surface area contributed by atoms with Crippen LogP contribution in [0.5, 0.6) is 0 Å². The second kappa shape index (κ2) is 7.07. The van der Waals surface area contributed by atoms with Crippen LogP contribution in [0.1, 0.15) is 23.0 Å². The molecule has 0 spiro atoms. The Morgan fingerprint density at radius 1 is 1.04 bits per heavy atom. The zero-order chi connectivity index (χ0) is 19.8. The third-order valence-corrected chi connectivity index (χ3v) is 4.60. The van der Waals surface area contributed by atoms with E-state index >= 15 is 0 Å². The molecule has 0 saturated carbocycles. The first kappa shape index (κ1) is 19.0. The van der Waals surface area contributed by atoms with Crippen molar-refractivity contribution in [3.63, 3.8) is 0 Å². The molecular weight excluding hydrogens is 427 g/mol. The van der Waals surface area contributed by atoms with Crippen LogP contribution in [0.25, 0.3) is 10.9 Å². The molecule has 0 fully saturated rings. The lowest BCUT2D eigenvalue weighted by molar-refractivity contribution is -0.137. The molecule has 9 heteroatoms. The minimum absolute atomic E-state index is 0.0658. The number of nitrogens with one attached hydrogen (secondary N) is 3. The normalized spacial score (nSPS) is 11.4. The molecule has 3 aromatic rings. The van der Waals surface area contributed by atoms with E-state index in [1.54, 1.807) is 24.3 Å². The smallest absolute Gasteiger partial charge is 0.350 e. The van der Waals surface area contributed by atoms with Crippen molar-refractivity contribution >= 4 is 50.0 Å². The molecule has 1 heterocycles. The van der Waals surface area contributed by atoms with Gasteiger partial charge in [0.25, 0.3) is 5.91 Å². The first-order valence-electron chi connectivity index (χ1n) is 7.73. The molecule has 0 atom stereocenters. The van der Waals surface area contributed by atoms with E-state index in [2.05, 4.69) is 31.5 Å². The maximum atomic E-state index is 13.0. The van der Waals surface area contributed by atoms with Crippen LogP contribution in [-0.4, -0.2) is 16.8 Å². The number of amides is 2. The molecule has 0 radical (unpaired) electrons. The van der Waals surface area contributed by atoms with Crippen molar-refractivity contribution in [2.45, 2.75) is 13.1 Å². The summed E-state index contributed by atoms with van der Waals surface area (Å²) in [5.74, 6) is -1.12. The van der Waals surface area contributed by atoms with Crippen LogP contribution in [0.15, 0.2) is 46.9 Å². The van der Waals surface area contributed by atoms with Gasteiger partial charge < -0.3 is 15.6 Å². The topological polar surface area (TPSA) is 74.0 Å². The Bertz CT molecular complexity index is 1040. The summed E-state index contributed by atoms with van der Waals surface area (Å²) < 4.78 is 39.5. The van der Waals surface area contributed by atoms with Crippen molar-refractivity contribution in [2.75, 3.05) is 10.6 Å². The lowest BCUT2D eigenvalue weighted by Gasteiger charge is -2.14. The SMILES string of the molecule is CC(=O)Nc1ccc(C(F)(F)F)cc1NC(=O)c1[nH]c2ccccc2c1Br. The molecule has 0 aliphatic rings. The monoisotopic (exact) mass is 439 g/mol. The van der Waals surface area contributed by atoms with E-state index in [-0.39, 0.29) is 17.1 Å². The highest BCUT2D eigenvalue weighted by atomic mass is 79.9. The standard InChI is InChI=1S/C18H13BrF3N3O2/c1-9(26)23-13-7-6-10(18(20,21)22)8-14(13)25-17(27)16-15(19)11-4-2-3-5-12(11)24-16/h2-8,24H,1H3,(H,23,26)(H,25,27). The van der Waals surface area contributed by atoms with Gasteiger partial charge in [-0.25, -0.2) is 0 Å². The van der Waals surface area contributed by atoms with Crippen LogP contribution in [0.2, 0.25) is 0 Å². The van der Waals surface area contributed by atoms with Crippen LogP contribution in [0, 0.1) is 0 Å². The second-order valence-corrected chi connectivity index (χ2v) is 6.55. The Morgan fingerprint density at radius 2 is 1.74 bits per heavy atom. The summed E-state index contributed by atoms with van der Waals surface area (Å²) in [6, 6.07) is 9.85. The van der Waals surface area contributed by atoms with Crippen molar-refractivity contribution < 1.29 is 22.8 Å². The van der Waals surface area contributed by atoms with Gasteiger partial charge in [0.2, 0.25) is 5.91 Å². The maximum absolute atomic E-state index is 13.0. The summed E-state index contributed by atoms with van der Waals surface area (Å²) in [5.41, 5.74) is -0.183. The number of carbonyl (C=O) groups excluding carboxylic acids is 2. The van der Waals surface area contributed by atoms with E-state index in [9.17, 15) is 22.8 Å². The van der Waals surface area contributed by atoms with Crippen LogP contribution in [0.4, 0.5) is 24.5 Å². The number of para-hydroxylation sites is 1. The average molecular weight is 440 g/mol. The van der Waals surface area contributed by atoms with E-state index in [1.165, 1.54) is 6.92 Å². The molecule has 3 rings (SSSR count). The number of fused-ring (bicyclic) bond motifs is 1. The predicted molar refractivity (Wildman–Crippen MR) is 99.7 cm³/mol. The average Bonchev–Trinajstić information content (AvgIpc) is 2.92. The molecule has 3 N–H and O–H groups in total. The van der Waals surface area contributed by atoms with Gasteiger partial charge in [0, 0.05) is 17.8 Å². The molecule has 1 aromatic heterocycles. The highest BCUT2D eigenvalue weighted by Gasteiger charge is 2.31. The number of aromatic nitrogens is 1. The number of H-pyrrole nitrogens is 1. The largest absolute Gasteiger partial charge is 0.416 e. The number of alkyl halides is 3. The van der Waals surface area contributed by atoms with E-state index in [1.807, 2.05) is 0 Å². The Balaban J connectivity index is 2.00. The Hall–Kier alpha value is -2.81. The fourth-order valence-electron chi connectivity index (χ4n) is 2.57. The molecule has 0 saturated heterocycles. The van der Waals surface area contributed by atoms with Gasteiger partial charge in [0.1, 0.15) is 5.69 Å². The molecule has 0 unspecified atom stereocenters. The van der Waals surface area contributed by atoms with Gasteiger partial charge in [-0.3, -0.25) is 9.59 Å². The van der Waals surface area contributed by atoms with Crippen LogP contribution < -0.4 is 10.6 Å². The first-order valence-corrected chi connectivity index (χ1v) is 8.52. The maximum Gasteiger partial charge on any atom is 0.416 e. The van der Waals surface area contributed by atoms with Crippen molar-refractivity contribution in [1.29, 1.82) is 0 Å². The molecule has 0 aliphatic heterocycles. The summed E-state index contributed by atoms with van der Waals surface area (Å²) in [7, 11) is 0. The Kier molecular flexibility index (Phi) is 4.97. The van der Waals surface area contributed by atoms with E-state index in [0.29, 0.717) is 9.99 Å². The molecule has 140 valence electrons. The van der Waals surface area contributed by atoms with Crippen LogP contribution in [-0.2, 0) is 11.0 Å². The number of rotatable bonds is 3. The molecule has 0 bridgehead atoms. The molecule has 2 amide bonds. The predicted octanol–water partition coefficient (Wildman–Crippen LogP) is 5.16. The van der Waals surface area contributed by atoms with Crippen LogP contribution in [0.3, 0.4) is 0 Å².